The van der Waals surface area contributed by atoms with Gasteiger partial charge in [-0.2, -0.15) is 18.3 Å². The predicted octanol–water partition coefficient (Wildman–Crippen LogP) is 5.94. The van der Waals surface area contributed by atoms with E-state index >= 15 is 0 Å². The molecule has 0 saturated carbocycles. The number of fused-ring (bicyclic) bond motifs is 1. The number of alkyl halides is 3. The van der Waals surface area contributed by atoms with Crippen molar-refractivity contribution in [2.24, 2.45) is 0 Å². The molecule has 0 unspecified atom stereocenters. The van der Waals surface area contributed by atoms with Gasteiger partial charge in [-0.1, -0.05) is 30.3 Å². The van der Waals surface area contributed by atoms with Crippen molar-refractivity contribution in [3.8, 4) is 5.75 Å². The Hall–Kier alpha value is -4.08. The van der Waals surface area contributed by atoms with E-state index in [0.29, 0.717) is 10.9 Å². The van der Waals surface area contributed by atoms with E-state index in [4.69, 9.17) is 4.74 Å². The van der Waals surface area contributed by atoms with Crippen LogP contribution in [0.3, 0.4) is 0 Å². The van der Waals surface area contributed by atoms with E-state index in [1.165, 1.54) is 42.5 Å². The summed E-state index contributed by atoms with van der Waals surface area (Å²) < 4.78 is 58.7. The smallest absolute Gasteiger partial charge is 0.416 e. The van der Waals surface area contributed by atoms with Crippen LogP contribution >= 0.6 is 0 Å². The minimum Gasteiger partial charge on any atom is -0.489 e. The predicted molar refractivity (Wildman–Crippen MR) is 111 cm³/mol. The molecule has 3 aromatic carbocycles. The molecular weight excluding hydrogens is 428 g/mol. The summed E-state index contributed by atoms with van der Waals surface area (Å²) in [5.41, 5.74) is -0.210. The number of urea groups is 1. The molecule has 0 atom stereocenters. The highest BCUT2D eigenvalue weighted by molar-refractivity contribution is 6.04. The number of benzene rings is 3. The Morgan fingerprint density at radius 1 is 1.00 bits per heavy atom. The van der Waals surface area contributed by atoms with Crippen LogP contribution in [0.15, 0.2) is 66.7 Å². The van der Waals surface area contributed by atoms with Gasteiger partial charge in [0.1, 0.15) is 18.2 Å². The highest BCUT2D eigenvalue weighted by Gasteiger charge is 2.33. The molecule has 4 rings (SSSR count). The minimum atomic E-state index is -4.49. The highest BCUT2D eigenvalue weighted by atomic mass is 19.4. The average Bonchev–Trinajstić information content (AvgIpc) is 3.15. The molecule has 0 fully saturated rings. The second-order valence-corrected chi connectivity index (χ2v) is 6.78. The summed E-state index contributed by atoms with van der Waals surface area (Å²) in [6.07, 6.45) is -4.49. The lowest BCUT2D eigenvalue weighted by Crippen LogP contribution is -2.20. The van der Waals surface area contributed by atoms with Gasteiger partial charge in [-0.3, -0.25) is 10.4 Å². The Kier molecular flexibility index (Phi) is 5.67. The molecule has 10 heteroatoms. The number of H-pyrrole nitrogens is 1. The van der Waals surface area contributed by atoms with Gasteiger partial charge in [0.25, 0.3) is 0 Å². The number of carbonyl (C=O) groups is 1. The van der Waals surface area contributed by atoms with Crippen LogP contribution in [0.1, 0.15) is 11.1 Å². The number of nitrogens with one attached hydrogen (secondary N) is 3. The lowest BCUT2D eigenvalue weighted by molar-refractivity contribution is -0.138. The summed E-state index contributed by atoms with van der Waals surface area (Å²) in [6.45, 7) is -0.296. The first kappa shape index (κ1) is 21.2. The zero-order valence-corrected chi connectivity index (χ0v) is 16.3. The summed E-state index contributed by atoms with van der Waals surface area (Å²) in [4.78, 5) is 12.2. The molecule has 2 amide bonds. The summed E-state index contributed by atoms with van der Waals surface area (Å²) in [6, 6.07) is 14.8. The number of carbonyl (C=O) groups excluding carboxylic acids is 1. The summed E-state index contributed by atoms with van der Waals surface area (Å²) in [5, 5.41) is 12.1. The molecule has 0 saturated heterocycles. The molecule has 0 aliphatic carbocycles. The largest absolute Gasteiger partial charge is 0.489 e. The van der Waals surface area contributed by atoms with E-state index in [1.807, 2.05) is 0 Å². The number of hydrogen-bond acceptors (Lipinski definition) is 3. The van der Waals surface area contributed by atoms with Crippen LogP contribution in [0, 0.1) is 5.82 Å². The third-order valence-electron chi connectivity index (χ3n) is 4.61. The van der Waals surface area contributed by atoms with E-state index in [0.717, 1.165) is 6.07 Å². The van der Waals surface area contributed by atoms with E-state index in [1.54, 1.807) is 18.2 Å². The van der Waals surface area contributed by atoms with Gasteiger partial charge < -0.3 is 10.1 Å². The van der Waals surface area contributed by atoms with E-state index in [-0.39, 0.29) is 29.4 Å². The van der Waals surface area contributed by atoms with Crippen LogP contribution in [0.25, 0.3) is 10.9 Å². The third kappa shape index (κ3) is 4.64. The average molecular weight is 444 g/mol. The van der Waals surface area contributed by atoms with Gasteiger partial charge in [-0.05, 0) is 36.4 Å². The topological polar surface area (TPSA) is 79.0 Å². The first-order valence-electron chi connectivity index (χ1n) is 9.40. The highest BCUT2D eigenvalue weighted by Crippen LogP contribution is 2.33. The molecule has 164 valence electrons. The number of hydrogen-bond donors (Lipinski definition) is 3. The van der Waals surface area contributed by atoms with Crippen molar-refractivity contribution in [3.05, 3.63) is 83.7 Å². The number of aromatic amines is 1. The molecule has 0 spiro atoms. The SMILES string of the molecule is O=C(Nc1ccccc1F)Nc1n[nH]c2ccc(OCc3ccccc3C(F)(F)F)cc12. The summed E-state index contributed by atoms with van der Waals surface area (Å²) >= 11 is 0. The molecule has 0 aliphatic rings. The van der Waals surface area contributed by atoms with Crippen molar-refractivity contribution in [1.29, 1.82) is 0 Å². The van der Waals surface area contributed by atoms with Gasteiger partial charge in [0.2, 0.25) is 0 Å². The van der Waals surface area contributed by atoms with Crippen molar-refractivity contribution < 1.29 is 27.1 Å². The fourth-order valence-corrected chi connectivity index (χ4v) is 3.09. The molecule has 0 bridgehead atoms. The molecule has 32 heavy (non-hydrogen) atoms. The molecule has 1 aromatic heterocycles. The number of para-hydroxylation sites is 1. The first-order chi connectivity index (χ1) is 15.3. The molecule has 0 radical (unpaired) electrons. The van der Waals surface area contributed by atoms with Gasteiger partial charge in [0.05, 0.1) is 16.8 Å². The zero-order chi connectivity index (χ0) is 22.7. The van der Waals surface area contributed by atoms with E-state index in [9.17, 15) is 22.4 Å². The Morgan fingerprint density at radius 2 is 1.75 bits per heavy atom. The Morgan fingerprint density at radius 3 is 2.53 bits per heavy atom. The Balaban J connectivity index is 1.50. The minimum absolute atomic E-state index is 0.00260. The van der Waals surface area contributed by atoms with Gasteiger partial charge in [-0.15, -0.1) is 0 Å². The van der Waals surface area contributed by atoms with E-state index < -0.39 is 23.6 Å². The number of anilines is 2. The van der Waals surface area contributed by atoms with Gasteiger partial charge >= 0.3 is 12.2 Å². The van der Waals surface area contributed by atoms with Crippen molar-refractivity contribution in [3.63, 3.8) is 0 Å². The van der Waals surface area contributed by atoms with Crippen LogP contribution < -0.4 is 15.4 Å². The van der Waals surface area contributed by atoms with Crippen LogP contribution in [-0.4, -0.2) is 16.2 Å². The lowest BCUT2D eigenvalue weighted by Gasteiger charge is -2.13. The summed E-state index contributed by atoms with van der Waals surface area (Å²) in [5.74, 6) is -0.159. The lowest BCUT2D eigenvalue weighted by atomic mass is 10.1. The van der Waals surface area contributed by atoms with E-state index in [2.05, 4.69) is 20.8 Å². The quantitative estimate of drug-likeness (QED) is 0.333. The fraction of sp³-hybridized carbons (Fsp3) is 0.0909. The summed E-state index contributed by atoms with van der Waals surface area (Å²) in [7, 11) is 0. The monoisotopic (exact) mass is 444 g/mol. The third-order valence-corrected chi connectivity index (χ3v) is 4.61. The van der Waals surface area contributed by atoms with Crippen LogP contribution in [-0.2, 0) is 12.8 Å². The zero-order valence-electron chi connectivity index (χ0n) is 16.3. The maximum Gasteiger partial charge on any atom is 0.416 e. The van der Waals surface area contributed by atoms with Crippen molar-refractivity contribution in [2.75, 3.05) is 10.6 Å². The van der Waals surface area contributed by atoms with Crippen molar-refractivity contribution in [2.45, 2.75) is 12.8 Å². The molecule has 4 aromatic rings. The van der Waals surface area contributed by atoms with Crippen LogP contribution in [0.4, 0.5) is 33.9 Å². The number of rotatable bonds is 5. The number of nitrogens with zero attached hydrogens (tertiary/aromatic N) is 1. The second kappa shape index (κ2) is 8.58. The van der Waals surface area contributed by atoms with Gasteiger partial charge in [0, 0.05) is 10.9 Å². The first-order valence-corrected chi connectivity index (χ1v) is 9.40. The van der Waals surface area contributed by atoms with Crippen LogP contribution in [0.2, 0.25) is 0 Å². The fourth-order valence-electron chi connectivity index (χ4n) is 3.09. The molecule has 0 aliphatic heterocycles. The normalized spacial score (nSPS) is 11.4. The maximum absolute atomic E-state index is 13.7. The molecule has 3 N–H and O–H groups in total. The van der Waals surface area contributed by atoms with Gasteiger partial charge in [-0.25, -0.2) is 9.18 Å². The van der Waals surface area contributed by atoms with Crippen molar-refractivity contribution >= 4 is 28.4 Å². The van der Waals surface area contributed by atoms with Gasteiger partial charge in [0.15, 0.2) is 5.82 Å². The number of aromatic nitrogens is 2. The molecule has 6 nitrogen and oxygen atoms in total. The second-order valence-electron chi connectivity index (χ2n) is 6.78. The number of ether oxygens (including phenoxy) is 1. The standard InChI is InChI=1S/C22H16F4N4O2/c23-17-7-3-4-8-19(17)27-21(31)28-20-15-11-14(9-10-18(15)29-30-20)32-12-13-5-1-2-6-16(13)22(24,25)26/h1-11H,12H2,(H3,27,28,29,30,31). The Labute approximate surface area is 179 Å². The maximum atomic E-state index is 13.7. The van der Waals surface area contributed by atoms with Crippen LogP contribution in [0.5, 0.6) is 5.75 Å². The number of amides is 2. The molecular formula is C22H16F4N4O2. The Bertz CT molecular complexity index is 1270. The molecule has 1 heterocycles. The van der Waals surface area contributed by atoms with Crippen molar-refractivity contribution in [1.82, 2.24) is 10.2 Å². The number of halogens is 4.